The molecule has 52 valence electrons. The SMILES string of the molecule is O=C1CC(C(=O)O)CN1.[H-].[Li+]. The summed E-state index contributed by atoms with van der Waals surface area (Å²) in [4.78, 5) is 20.5. The molecule has 1 amide bonds. The maximum Gasteiger partial charge on any atom is 1.00 e. The zero-order valence-electron chi connectivity index (χ0n) is 6.76. The molecule has 1 rings (SSSR count). The molecule has 0 aromatic heterocycles. The van der Waals surface area contributed by atoms with E-state index in [1.54, 1.807) is 0 Å². The Kier molecular flexibility index (Phi) is 3.48. The van der Waals surface area contributed by atoms with Crippen LogP contribution in [-0.2, 0) is 9.59 Å². The van der Waals surface area contributed by atoms with E-state index in [4.69, 9.17) is 5.11 Å². The van der Waals surface area contributed by atoms with E-state index in [-0.39, 0.29) is 39.2 Å². The van der Waals surface area contributed by atoms with Crippen molar-refractivity contribution in [2.45, 2.75) is 6.42 Å². The zero-order chi connectivity index (χ0) is 6.85. The van der Waals surface area contributed by atoms with Crippen LogP contribution >= 0.6 is 0 Å². The Morgan fingerprint density at radius 3 is 2.60 bits per heavy atom. The van der Waals surface area contributed by atoms with E-state index in [9.17, 15) is 9.59 Å². The molecule has 1 aliphatic rings. The topological polar surface area (TPSA) is 66.4 Å². The summed E-state index contributed by atoms with van der Waals surface area (Å²) in [6, 6.07) is 0. The number of carboxylic acids is 1. The second-order valence-corrected chi connectivity index (χ2v) is 2.04. The Bertz CT molecular complexity index is 164. The van der Waals surface area contributed by atoms with Gasteiger partial charge in [-0.3, -0.25) is 9.59 Å². The van der Waals surface area contributed by atoms with E-state index in [0.717, 1.165) is 0 Å². The van der Waals surface area contributed by atoms with Crippen LogP contribution in [0.5, 0.6) is 0 Å². The van der Waals surface area contributed by atoms with E-state index in [1.165, 1.54) is 0 Å². The van der Waals surface area contributed by atoms with Gasteiger partial charge in [0, 0.05) is 13.0 Å². The summed E-state index contributed by atoms with van der Waals surface area (Å²) in [6.07, 6.45) is 0.134. The first-order valence-electron chi connectivity index (χ1n) is 2.69. The minimum absolute atomic E-state index is 0. The minimum atomic E-state index is -0.895. The smallest absolute Gasteiger partial charge is 1.00 e. The van der Waals surface area contributed by atoms with Crippen molar-refractivity contribution >= 4 is 11.9 Å². The number of hydrogen-bond acceptors (Lipinski definition) is 2. The van der Waals surface area contributed by atoms with E-state index in [2.05, 4.69) is 5.32 Å². The third-order valence-electron chi connectivity index (χ3n) is 1.33. The second-order valence-electron chi connectivity index (χ2n) is 2.04. The van der Waals surface area contributed by atoms with Gasteiger partial charge in [-0.25, -0.2) is 0 Å². The van der Waals surface area contributed by atoms with Gasteiger partial charge < -0.3 is 11.8 Å². The Hall–Kier alpha value is -0.463. The quantitative estimate of drug-likeness (QED) is 0.366. The van der Waals surface area contributed by atoms with Gasteiger partial charge in [0.1, 0.15) is 0 Å². The first-order valence-corrected chi connectivity index (χ1v) is 2.69. The number of amides is 1. The van der Waals surface area contributed by atoms with Crippen molar-refractivity contribution in [3.63, 3.8) is 0 Å². The molecule has 0 bridgehead atoms. The molecule has 1 fully saturated rings. The van der Waals surface area contributed by atoms with Crippen LogP contribution in [0, 0.1) is 5.92 Å². The summed E-state index contributed by atoms with van der Waals surface area (Å²) in [6.45, 7) is 0.286. The normalized spacial score (nSPS) is 23.2. The number of carbonyl (C=O) groups excluding carboxylic acids is 1. The summed E-state index contributed by atoms with van der Waals surface area (Å²) < 4.78 is 0. The van der Waals surface area contributed by atoms with Gasteiger partial charge in [-0.05, 0) is 0 Å². The number of hydrogen-bond donors (Lipinski definition) is 2. The molecule has 0 aromatic carbocycles. The van der Waals surface area contributed by atoms with E-state index < -0.39 is 11.9 Å². The van der Waals surface area contributed by atoms with Crippen LogP contribution in [0.3, 0.4) is 0 Å². The van der Waals surface area contributed by atoms with Crippen molar-refractivity contribution in [1.29, 1.82) is 0 Å². The van der Waals surface area contributed by atoms with Crippen molar-refractivity contribution in [1.82, 2.24) is 5.32 Å². The predicted molar refractivity (Wildman–Crippen MR) is 29.9 cm³/mol. The molecule has 1 heterocycles. The van der Waals surface area contributed by atoms with Gasteiger partial charge in [-0.2, -0.15) is 0 Å². The maximum atomic E-state index is 10.4. The number of aliphatic carboxylic acids is 1. The Morgan fingerprint density at radius 1 is 1.80 bits per heavy atom. The first kappa shape index (κ1) is 9.54. The summed E-state index contributed by atoms with van der Waals surface area (Å²) in [5.41, 5.74) is 0. The van der Waals surface area contributed by atoms with Crippen molar-refractivity contribution in [2.24, 2.45) is 5.92 Å². The van der Waals surface area contributed by atoms with Crippen molar-refractivity contribution in [3.8, 4) is 0 Å². The molecule has 1 unspecified atom stereocenters. The van der Waals surface area contributed by atoms with Crippen LogP contribution in [0.2, 0.25) is 0 Å². The molecule has 10 heavy (non-hydrogen) atoms. The molecule has 1 atom stereocenters. The van der Waals surface area contributed by atoms with Crippen LogP contribution in [0.15, 0.2) is 0 Å². The van der Waals surface area contributed by atoms with Crippen LogP contribution in [0.4, 0.5) is 0 Å². The fourth-order valence-electron chi connectivity index (χ4n) is 0.780. The fourth-order valence-corrected chi connectivity index (χ4v) is 0.780. The van der Waals surface area contributed by atoms with Crippen LogP contribution in [0.1, 0.15) is 7.85 Å². The minimum Gasteiger partial charge on any atom is -1.00 e. The Balaban J connectivity index is 0. The maximum absolute atomic E-state index is 10.4. The molecule has 1 aliphatic heterocycles. The molecule has 0 radical (unpaired) electrons. The molecule has 0 spiro atoms. The van der Waals surface area contributed by atoms with Crippen molar-refractivity contribution in [2.75, 3.05) is 6.54 Å². The predicted octanol–water partition coefficient (Wildman–Crippen LogP) is -3.68. The molecule has 0 aromatic rings. The van der Waals surface area contributed by atoms with Gasteiger partial charge in [0.2, 0.25) is 5.91 Å². The summed E-state index contributed by atoms with van der Waals surface area (Å²) in [5.74, 6) is -1.56. The average molecular weight is 137 g/mol. The molecule has 4 nitrogen and oxygen atoms in total. The molecule has 0 aliphatic carbocycles. The Labute approximate surface area is 71.6 Å². The third kappa shape index (κ3) is 2.05. The van der Waals surface area contributed by atoms with Crippen LogP contribution in [-0.4, -0.2) is 23.5 Å². The number of carboxylic acid groups (broad SMARTS) is 1. The fraction of sp³-hybridized carbons (Fsp3) is 0.600. The molecular weight excluding hydrogens is 129 g/mol. The van der Waals surface area contributed by atoms with Gasteiger partial charge in [-0.15, -0.1) is 0 Å². The summed E-state index contributed by atoms with van der Waals surface area (Å²) >= 11 is 0. The molecular formula is C5H8LiNO3. The molecule has 2 N–H and O–H groups in total. The van der Waals surface area contributed by atoms with Crippen LogP contribution in [0.25, 0.3) is 0 Å². The second kappa shape index (κ2) is 3.64. The van der Waals surface area contributed by atoms with Gasteiger partial charge in [0.05, 0.1) is 5.92 Å². The third-order valence-corrected chi connectivity index (χ3v) is 1.33. The average Bonchev–Trinajstić information content (AvgIpc) is 2.14. The standard InChI is InChI=1S/C5H7NO3.Li.H/c7-4-1-3(2-6-4)5(8)9;;/h3H,1-2H2,(H,6,7)(H,8,9);;/q;+1;-1. The van der Waals surface area contributed by atoms with Gasteiger partial charge in [-0.1, -0.05) is 0 Å². The monoisotopic (exact) mass is 137 g/mol. The molecule has 1 saturated heterocycles. The van der Waals surface area contributed by atoms with Crippen LogP contribution < -0.4 is 24.2 Å². The Morgan fingerprint density at radius 2 is 2.40 bits per heavy atom. The van der Waals surface area contributed by atoms with E-state index in [0.29, 0.717) is 0 Å². The van der Waals surface area contributed by atoms with E-state index in [1.807, 2.05) is 0 Å². The van der Waals surface area contributed by atoms with Gasteiger partial charge >= 0.3 is 24.8 Å². The first-order chi connectivity index (χ1) is 4.20. The molecule has 0 saturated carbocycles. The summed E-state index contributed by atoms with van der Waals surface area (Å²) in [5, 5.41) is 10.8. The van der Waals surface area contributed by atoms with Gasteiger partial charge in [0.25, 0.3) is 0 Å². The van der Waals surface area contributed by atoms with E-state index >= 15 is 0 Å². The number of rotatable bonds is 1. The van der Waals surface area contributed by atoms with Crippen molar-refractivity contribution in [3.05, 3.63) is 0 Å². The zero-order valence-corrected chi connectivity index (χ0v) is 5.76. The largest absolute Gasteiger partial charge is 1.00 e. The molecule has 5 heteroatoms. The van der Waals surface area contributed by atoms with Crippen molar-refractivity contribution < 1.29 is 35.0 Å². The van der Waals surface area contributed by atoms with Gasteiger partial charge in [0.15, 0.2) is 0 Å². The number of carbonyl (C=O) groups is 2. The summed E-state index contributed by atoms with van der Waals surface area (Å²) in [7, 11) is 0. The number of nitrogens with one attached hydrogen (secondary N) is 1.